The lowest BCUT2D eigenvalue weighted by atomic mass is 10.3. The third kappa shape index (κ3) is 1.85. The fourth-order valence-electron chi connectivity index (χ4n) is 1.25. The maximum Gasteiger partial charge on any atom is 0.0551 e. The molecule has 0 spiro atoms. The topological polar surface area (TPSA) is 29.9 Å². The Hall–Kier alpha value is -0.830. The van der Waals surface area contributed by atoms with E-state index in [9.17, 15) is 0 Å². The summed E-state index contributed by atoms with van der Waals surface area (Å²) in [6, 6.07) is 0. The Bertz CT molecular complexity index is 240. The summed E-state index contributed by atoms with van der Waals surface area (Å²) in [5.74, 6) is 0. The molecule has 3 nitrogen and oxygen atoms in total. The predicted octanol–water partition coefficient (Wildman–Crippen LogP) is 1.32. The average molecular weight is 167 g/mol. The minimum atomic E-state index is 0.927. The second-order valence-corrected chi connectivity index (χ2v) is 2.87. The molecule has 3 heteroatoms. The Morgan fingerprint density at radius 2 is 2.25 bits per heavy atom. The monoisotopic (exact) mass is 167 g/mol. The second kappa shape index (κ2) is 4.26. The van der Waals surface area contributed by atoms with Crippen LogP contribution >= 0.6 is 0 Å². The van der Waals surface area contributed by atoms with E-state index in [1.807, 2.05) is 10.9 Å². The van der Waals surface area contributed by atoms with Gasteiger partial charge in [0.05, 0.1) is 11.9 Å². The van der Waals surface area contributed by atoms with Crippen LogP contribution in [-0.2, 0) is 13.1 Å². The number of hydrogen-bond acceptors (Lipinski definition) is 2. The maximum atomic E-state index is 4.26. The van der Waals surface area contributed by atoms with Crippen LogP contribution in [0.4, 0.5) is 0 Å². The zero-order chi connectivity index (χ0) is 8.97. The fraction of sp³-hybridized carbons (Fsp3) is 0.667. The van der Waals surface area contributed by atoms with Gasteiger partial charge in [-0.15, -0.1) is 0 Å². The molecule has 1 rings (SSSR count). The summed E-state index contributed by atoms with van der Waals surface area (Å²) in [4.78, 5) is 0. The van der Waals surface area contributed by atoms with Crippen LogP contribution in [-0.4, -0.2) is 16.3 Å². The molecule has 0 fully saturated rings. The van der Waals surface area contributed by atoms with E-state index in [0.717, 1.165) is 19.6 Å². The first-order valence-electron chi connectivity index (χ1n) is 4.51. The van der Waals surface area contributed by atoms with Crippen LogP contribution in [0.1, 0.15) is 25.1 Å². The van der Waals surface area contributed by atoms with Crippen molar-refractivity contribution in [3.63, 3.8) is 0 Å². The van der Waals surface area contributed by atoms with Crippen LogP contribution in [0, 0.1) is 6.92 Å². The molecule has 0 aliphatic heterocycles. The van der Waals surface area contributed by atoms with Crippen LogP contribution < -0.4 is 5.32 Å². The molecule has 0 saturated heterocycles. The average Bonchev–Trinajstić information content (AvgIpc) is 2.43. The van der Waals surface area contributed by atoms with Gasteiger partial charge in [0.15, 0.2) is 0 Å². The third-order valence-corrected chi connectivity index (χ3v) is 2.00. The van der Waals surface area contributed by atoms with Gasteiger partial charge in [-0.05, 0) is 26.0 Å². The van der Waals surface area contributed by atoms with Crippen LogP contribution in [0.3, 0.4) is 0 Å². The number of aromatic nitrogens is 2. The highest BCUT2D eigenvalue weighted by Gasteiger charge is 2.03. The van der Waals surface area contributed by atoms with Crippen molar-refractivity contribution < 1.29 is 0 Å². The van der Waals surface area contributed by atoms with Gasteiger partial charge in [0.25, 0.3) is 0 Å². The maximum absolute atomic E-state index is 4.26. The first-order chi connectivity index (χ1) is 5.79. The lowest BCUT2D eigenvalue weighted by Gasteiger charge is -2.05. The Labute approximate surface area is 73.8 Å². The minimum absolute atomic E-state index is 0.927. The van der Waals surface area contributed by atoms with E-state index < -0.39 is 0 Å². The largest absolute Gasteiger partial charge is 0.311 e. The summed E-state index contributed by atoms with van der Waals surface area (Å²) in [5.41, 5.74) is 2.58. The number of rotatable bonds is 4. The first kappa shape index (κ1) is 9.26. The van der Waals surface area contributed by atoms with E-state index in [-0.39, 0.29) is 0 Å². The van der Waals surface area contributed by atoms with E-state index in [1.54, 1.807) is 0 Å². The van der Waals surface area contributed by atoms with Crippen molar-refractivity contribution >= 4 is 0 Å². The zero-order valence-electron chi connectivity index (χ0n) is 8.09. The van der Waals surface area contributed by atoms with Crippen molar-refractivity contribution in [2.75, 3.05) is 6.54 Å². The molecule has 1 aromatic rings. The standard InChI is InChI=1S/C9H17N3/c1-4-10-7-9-8(3)6-11-12(9)5-2/h6,10H,4-5,7H2,1-3H3. The normalized spacial score (nSPS) is 10.6. The molecule has 0 aliphatic carbocycles. The summed E-state index contributed by atoms with van der Waals surface area (Å²) < 4.78 is 2.04. The molecule has 0 aliphatic rings. The van der Waals surface area contributed by atoms with E-state index >= 15 is 0 Å². The quantitative estimate of drug-likeness (QED) is 0.733. The molecular formula is C9H17N3. The Kier molecular flexibility index (Phi) is 3.29. The second-order valence-electron chi connectivity index (χ2n) is 2.87. The molecular weight excluding hydrogens is 150 g/mol. The molecule has 0 bridgehead atoms. The highest BCUT2D eigenvalue weighted by atomic mass is 15.3. The molecule has 12 heavy (non-hydrogen) atoms. The Balaban J connectivity index is 2.72. The van der Waals surface area contributed by atoms with Crippen molar-refractivity contribution in [1.82, 2.24) is 15.1 Å². The summed E-state index contributed by atoms with van der Waals surface area (Å²) in [5, 5.41) is 7.57. The lowest BCUT2D eigenvalue weighted by Crippen LogP contribution is -2.16. The van der Waals surface area contributed by atoms with Gasteiger partial charge in [-0.3, -0.25) is 4.68 Å². The van der Waals surface area contributed by atoms with Gasteiger partial charge in [0.1, 0.15) is 0 Å². The summed E-state index contributed by atoms with van der Waals surface area (Å²) in [6.07, 6.45) is 1.93. The number of nitrogens with one attached hydrogen (secondary N) is 1. The number of nitrogens with zero attached hydrogens (tertiary/aromatic N) is 2. The summed E-state index contributed by atoms with van der Waals surface area (Å²) in [6.45, 7) is 9.22. The molecule has 1 aromatic heterocycles. The molecule has 0 radical (unpaired) electrons. The van der Waals surface area contributed by atoms with Crippen LogP contribution in [0.5, 0.6) is 0 Å². The Morgan fingerprint density at radius 1 is 1.50 bits per heavy atom. The van der Waals surface area contributed by atoms with Gasteiger partial charge in [-0.1, -0.05) is 6.92 Å². The van der Waals surface area contributed by atoms with E-state index in [1.165, 1.54) is 11.3 Å². The first-order valence-corrected chi connectivity index (χ1v) is 4.51. The summed E-state index contributed by atoms with van der Waals surface area (Å²) in [7, 11) is 0. The van der Waals surface area contributed by atoms with E-state index in [4.69, 9.17) is 0 Å². The molecule has 0 saturated carbocycles. The van der Waals surface area contributed by atoms with Crippen molar-refractivity contribution in [2.45, 2.75) is 33.9 Å². The smallest absolute Gasteiger partial charge is 0.0551 e. The lowest BCUT2D eigenvalue weighted by molar-refractivity contribution is 0.588. The zero-order valence-corrected chi connectivity index (χ0v) is 8.09. The van der Waals surface area contributed by atoms with Gasteiger partial charge in [-0.25, -0.2) is 0 Å². The van der Waals surface area contributed by atoms with Crippen molar-refractivity contribution in [3.8, 4) is 0 Å². The Morgan fingerprint density at radius 3 is 2.83 bits per heavy atom. The van der Waals surface area contributed by atoms with Crippen LogP contribution in [0.25, 0.3) is 0 Å². The SMILES string of the molecule is CCNCc1c(C)cnn1CC. The predicted molar refractivity (Wildman–Crippen MR) is 50.0 cm³/mol. The van der Waals surface area contributed by atoms with E-state index in [0.29, 0.717) is 0 Å². The fourth-order valence-corrected chi connectivity index (χ4v) is 1.25. The highest BCUT2D eigenvalue weighted by molar-refractivity contribution is 5.15. The van der Waals surface area contributed by atoms with Crippen molar-refractivity contribution in [1.29, 1.82) is 0 Å². The van der Waals surface area contributed by atoms with Gasteiger partial charge in [-0.2, -0.15) is 5.10 Å². The molecule has 0 aromatic carbocycles. The molecule has 1 N–H and O–H groups in total. The summed E-state index contributed by atoms with van der Waals surface area (Å²) >= 11 is 0. The van der Waals surface area contributed by atoms with Crippen molar-refractivity contribution in [2.24, 2.45) is 0 Å². The van der Waals surface area contributed by atoms with Gasteiger partial charge < -0.3 is 5.32 Å². The van der Waals surface area contributed by atoms with E-state index in [2.05, 4.69) is 31.2 Å². The molecule has 0 unspecified atom stereocenters. The van der Waals surface area contributed by atoms with Gasteiger partial charge in [0, 0.05) is 13.1 Å². The minimum Gasteiger partial charge on any atom is -0.311 e. The molecule has 68 valence electrons. The molecule has 0 atom stereocenters. The molecule has 0 amide bonds. The number of aryl methyl sites for hydroxylation is 2. The number of hydrogen-bond donors (Lipinski definition) is 1. The highest BCUT2D eigenvalue weighted by Crippen LogP contribution is 2.05. The third-order valence-electron chi connectivity index (χ3n) is 2.00. The van der Waals surface area contributed by atoms with Crippen LogP contribution in [0.2, 0.25) is 0 Å². The van der Waals surface area contributed by atoms with Gasteiger partial charge >= 0.3 is 0 Å². The molecule has 1 heterocycles. The van der Waals surface area contributed by atoms with Gasteiger partial charge in [0.2, 0.25) is 0 Å². The van der Waals surface area contributed by atoms with Crippen molar-refractivity contribution in [3.05, 3.63) is 17.5 Å². The van der Waals surface area contributed by atoms with Crippen LogP contribution in [0.15, 0.2) is 6.20 Å².